The van der Waals surface area contributed by atoms with Gasteiger partial charge in [-0.1, -0.05) is 18.2 Å². The molecule has 6 heteroatoms. The van der Waals surface area contributed by atoms with E-state index in [1.54, 1.807) is 12.1 Å². The number of carbonyl (C=O) groups is 1. The fraction of sp³-hybridized carbons (Fsp3) is 0. The highest BCUT2D eigenvalue weighted by Gasteiger charge is 2.24. The first-order chi connectivity index (χ1) is 7.18. The van der Waals surface area contributed by atoms with E-state index >= 15 is 0 Å². The van der Waals surface area contributed by atoms with Gasteiger partial charge in [0.1, 0.15) is 5.03 Å². The summed E-state index contributed by atoms with van der Waals surface area (Å²) in [5.41, 5.74) is 3.44. The van der Waals surface area contributed by atoms with Crippen molar-refractivity contribution < 1.29 is 4.79 Å². The lowest BCUT2D eigenvalue weighted by Gasteiger charge is -2.14. The second kappa shape index (κ2) is 4.42. The van der Waals surface area contributed by atoms with Gasteiger partial charge in [0.25, 0.3) is 5.91 Å². The van der Waals surface area contributed by atoms with Gasteiger partial charge in [-0.3, -0.25) is 10.2 Å². The van der Waals surface area contributed by atoms with Gasteiger partial charge in [-0.25, -0.2) is 0 Å². The maximum atomic E-state index is 11.9. The molecule has 1 heterocycles. The third-order valence-electron chi connectivity index (χ3n) is 1.79. The monoisotopic (exact) mass is 256 g/mol. The minimum Gasteiger partial charge on any atom is -0.277 e. The number of benzene rings is 1. The van der Waals surface area contributed by atoms with Crippen LogP contribution in [0.15, 0.2) is 39.6 Å². The van der Waals surface area contributed by atoms with E-state index in [1.165, 1.54) is 16.4 Å². The number of amides is 1. The summed E-state index contributed by atoms with van der Waals surface area (Å²) in [4.78, 5) is 11.9. The molecule has 1 aliphatic rings. The molecule has 0 spiro atoms. The highest BCUT2D eigenvalue weighted by atomic mass is 32.2. The van der Waals surface area contributed by atoms with Gasteiger partial charge in [-0.15, -0.1) is 25.3 Å². The van der Waals surface area contributed by atoms with E-state index in [4.69, 9.17) is 0 Å². The average Bonchev–Trinajstić information content (AvgIpc) is 2.59. The molecular formula is C9H8N2OS3. The average molecular weight is 256 g/mol. The SMILES string of the molecule is O=C(c1ccccc1)N1NC(S)=C(S)S1. The summed E-state index contributed by atoms with van der Waals surface area (Å²) in [5.74, 6) is -0.115. The topological polar surface area (TPSA) is 32.3 Å². The molecule has 0 saturated carbocycles. The molecular weight excluding hydrogens is 248 g/mol. The zero-order chi connectivity index (χ0) is 10.8. The van der Waals surface area contributed by atoms with Crippen LogP contribution >= 0.6 is 37.2 Å². The molecule has 78 valence electrons. The predicted molar refractivity (Wildman–Crippen MR) is 68.3 cm³/mol. The van der Waals surface area contributed by atoms with Crippen LogP contribution in [0.1, 0.15) is 10.4 Å². The molecule has 3 nitrogen and oxygen atoms in total. The van der Waals surface area contributed by atoms with Crippen molar-refractivity contribution in [2.24, 2.45) is 0 Å². The third kappa shape index (κ3) is 2.27. The van der Waals surface area contributed by atoms with Crippen LogP contribution in [0, 0.1) is 0 Å². The van der Waals surface area contributed by atoms with Gasteiger partial charge >= 0.3 is 0 Å². The Kier molecular flexibility index (Phi) is 3.18. The Bertz CT molecular complexity index is 405. The normalized spacial score (nSPS) is 15.5. The molecule has 1 aromatic rings. The number of hydrogen-bond donors (Lipinski definition) is 3. The van der Waals surface area contributed by atoms with E-state index < -0.39 is 0 Å². The van der Waals surface area contributed by atoms with Crippen LogP contribution in [0.25, 0.3) is 0 Å². The molecule has 2 rings (SSSR count). The Morgan fingerprint density at radius 3 is 2.47 bits per heavy atom. The number of rotatable bonds is 1. The number of hydrogen-bond acceptors (Lipinski definition) is 5. The van der Waals surface area contributed by atoms with Crippen LogP contribution in [-0.2, 0) is 0 Å². The van der Waals surface area contributed by atoms with Crippen molar-refractivity contribution in [2.75, 3.05) is 0 Å². The van der Waals surface area contributed by atoms with Gasteiger partial charge in [-0.05, 0) is 12.1 Å². The molecule has 0 atom stereocenters. The number of nitrogens with zero attached hydrogens (tertiary/aromatic N) is 1. The summed E-state index contributed by atoms with van der Waals surface area (Å²) in [6, 6.07) is 9.04. The summed E-state index contributed by atoms with van der Waals surface area (Å²) in [7, 11) is 0. The number of carbonyl (C=O) groups excluding carboxylic acids is 1. The van der Waals surface area contributed by atoms with Gasteiger partial charge in [0, 0.05) is 17.5 Å². The van der Waals surface area contributed by atoms with Crippen LogP contribution < -0.4 is 5.43 Å². The van der Waals surface area contributed by atoms with Crippen molar-refractivity contribution in [3.8, 4) is 0 Å². The van der Waals surface area contributed by atoms with E-state index in [1.807, 2.05) is 18.2 Å². The van der Waals surface area contributed by atoms with Gasteiger partial charge in [0.05, 0.1) is 4.24 Å². The molecule has 15 heavy (non-hydrogen) atoms. The van der Waals surface area contributed by atoms with Crippen molar-refractivity contribution >= 4 is 43.1 Å². The maximum absolute atomic E-state index is 11.9. The quantitative estimate of drug-likeness (QED) is 0.532. The molecule has 1 aromatic carbocycles. The van der Waals surface area contributed by atoms with Crippen LogP contribution in [0.2, 0.25) is 0 Å². The zero-order valence-corrected chi connectivity index (χ0v) is 10.2. The van der Waals surface area contributed by atoms with E-state index in [9.17, 15) is 4.79 Å². The van der Waals surface area contributed by atoms with Gasteiger partial charge in [-0.2, -0.15) is 4.41 Å². The zero-order valence-electron chi connectivity index (χ0n) is 7.54. The second-order valence-electron chi connectivity index (χ2n) is 2.82. The first kappa shape index (κ1) is 10.8. The molecule has 1 amide bonds. The largest absolute Gasteiger partial charge is 0.282 e. The van der Waals surface area contributed by atoms with Crippen molar-refractivity contribution in [1.82, 2.24) is 9.84 Å². The van der Waals surface area contributed by atoms with E-state index in [-0.39, 0.29) is 5.91 Å². The molecule has 1 N–H and O–H groups in total. The Morgan fingerprint density at radius 2 is 1.93 bits per heavy atom. The molecule has 0 radical (unpaired) electrons. The van der Waals surface area contributed by atoms with E-state index in [0.29, 0.717) is 14.8 Å². The van der Waals surface area contributed by atoms with Gasteiger partial charge in [0.15, 0.2) is 0 Å². The predicted octanol–water partition coefficient (Wildman–Crippen LogP) is 2.28. The number of nitrogens with one attached hydrogen (secondary N) is 1. The molecule has 0 aromatic heterocycles. The summed E-state index contributed by atoms with van der Waals surface area (Å²) in [5, 5.41) is 0.590. The Hall–Kier alpha value is -0.720. The Balaban J connectivity index is 2.12. The highest BCUT2D eigenvalue weighted by molar-refractivity contribution is 8.15. The molecule has 0 saturated heterocycles. The Morgan fingerprint density at radius 1 is 1.27 bits per heavy atom. The molecule has 0 unspecified atom stereocenters. The maximum Gasteiger partial charge on any atom is 0.282 e. The summed E-state index contributed by atoms with van der Waals surface area (Å²) >= 11 is 9.51. The van der Waals surface area contributed by atoms with Crippen LogP contribution in [0.3, 0.4) is 0 Å². The minimum absolute atomic E-state index is 0.115. The second-order valence-corrected chi connectivity index (χ2v) is 4.98. The third-order valence-corrected chi connectivity index (χ3v) is 3.73. The molecule has 0 bridgehead atoms. The fourth-order valence-corrected chi connectivity index (χ4v) is 2.30. The fourth-order valence-electron chi connectivity index (χ4n) is 1.09. The lowest BCUT2D eigenvalue weighted by Crippen LogP contribution is -2.31. The van der Waals surface area contributed by atoms with Crippen molar-refractivity contribution in [2.45, 2.75) is 0 Å². The molecule has 0 fully saturated rings. The van der Waals surface area contributed by atoms with Crippen LogP contribution in [0.4, 0.5) is 0 Å². The van der Waals surface area contributed by atoms with E-state index in [0.717, 1.165) is 0 Å². The summed E-state index contributed by atoms with van der Waals surface area (Å²) in [6.07, 6.45) is 0. The van der Waals surface area contributed by atoms with Crippen molar-refractivity contribution in [3.63, 3.8) is 0 Å². The first-order valence-electron chi connectivity index (χ1n) is 4.15. The molecule has 0 aliphatic carbocycles. The highest BCUT2D eigenvalue weighted by Crippen LogP contribution is 2.34. The van der Waals surface area contributed by atoms with Crippen molar-refractivity contribution in [3.05, 3.63) is 45.2 Å². The number of thiol groups is 2. The lowest BCUT2D eigenvalue weighted by molar-refractivity contribution is 0.0846. The standard InChI is InChI=1S/C9H8N2OS3/c12-8(6-4-2-1-3-5-6)11-10-7(13)9(14)15-11/h1-5,10,13-14H. The summed E-state index contributed by atoms with van der Waals surface area (Å²) < 4.78 is 2.09. The van der Waals surface area contributed by atoms with Crippen LogP contribution in [-0.4, -0.2) is 10.3 Å². The Labute approximate surface area is 103 Å². The molecule has 1 aliphatic heterocycles. The minimum atomic E-state index is -0.115. The van der Waals surface area contributed by atoms with Gasteiger partial charge in [0.2, 0.25) is 0 Å². The van der Waals surface area contributed by atoms with E-state index in [2.05, 4.69) is 30.7 Å². The summed E-state index contributed by atoms with van der Waals surface area (Å²) in [6.45, 7) is 0. The first-order valence-corrected chi connectivity index (χ1v) is 5.81. The van der Waals surface area contributed by atoms with Crippen LogP contribution in [0.5, 0.6) is 0 Å². The smallest absolute Gasteiger partial charge is 0.277 e. The van der Waals surface area contributed by atoms with Gasteiger partial charge < -0.3 is 0 Å². The number of hydrazine groups is 1. The lowest BCUT2D eigenvalue weighted by atomic mass is 10.2. The van der Waals surface area contributed by atoms with Crippen molar-refractivity contribution in [1.29, 1.82) is 0 Å².